The smallest absolute Gasteiger partial charge is 0.217 e. The zero-order chi connectivity index (χ0) is 21.9. The van der Waals surface area contributed by atoms with Crippen LogP contribution in [0.3, 0.4) is 0 Å². The molecule has 3 rings (SSSR count). The standard InChI is InChI=1S/C16H16FN3O2S.C5H11NO/c1-21-8-6-18-10-13-14(16-19-7-9-23-16)15(20-22-13)11-2-4-12(17)5-3-11;1-4(2)6-5(3)7/h2-5,7,9,18H,6,8,10H2,1H3;4H,1-3H3,(H,6,7). The Morgan fingerprint density at radius 1 is 1.30 bits per heavy atom. The zero-order valence-corrected chi connectivity index (χ0v) is 18.4. The Morgan fingerprint density at radius 3 is 2.57 bits per heavy atom. The number of nitrogens with zero attached hydrogens (tertiary/aromatic N) is 2. The molecular formula is C21H27FN4O3S. The maximum absolute atomic E-state index is 13.1. The molecule has 0 spiro atoms. The van der Waals surface area contributed by atoms with Gasteiger partial charge in [0.05, 0.1) is 18.7 Å². The van der Waals surface area contributed by atoms with Gasteiger partial charge in [-0.3, -0.25) is 4.79 Å². The van der Waals surface area contributed by atoms with E-state index in [1.165, 1.54) is 30.4 Å². The number of carbonyl (C=O) groups excluding carboxylic acids is 1. The molecule has 2 aromatic heterocycles. The number of methoxy groups -OCH3 is 1. The molecule has 0 unspecified atom stereocenters. The summed E-state index contributed by atoms with van der Waals surface area (Å²) >= 11 is 1.51. The lowest BCUT2D eigenvalue weighted by Gasteiger charge is -2.03. The average Bonchev–Trinajstić information content (AvgIpc) is 3.35. The molecule has 0 saturated heterocycles. The quantitative estimate of drug-likeness (QED) is 0.523. The molecule has 0 bridgehead atoms. The van der Waals surface area contributed by atoms with Gasteiger partial charge in [-0.05, 0) is 38.1 Å². The molecule has 0 aliphatic rings. The van der Waals surface area contributed by atoms with E-state index in [4.69, 9.17) is 9.26 Å². The van der Waals surface area contributed by atoms with Crippen LogP contribution in [-0.4, -0.2) is 42.4 Å². The van der Waals surface area contributed by atoms with Crippen LogP contribution in [0.5, 0.6) is 0 Å². The molecule has 1 aromatic carbocycles. The zero-order valence-electron chi connectivity index (χ0n) is 17.6. The first-order chi connectivity index (χ1) is 14.4. The fraction of sp³-hybridized carbons (Fsp3) is 0.381. The highest BCUT2D eigenvalue weighted by atomic mass is 32.1. The Hall–Kier alpha value is -2.62. The van der Waals surface area contributed by atoms with Crippen LogP contribution >= 0.6 is 11.3 Å². The monoisotopic (exact) mass is 434 g/mol. The first-order valence-electron chi connectivity index (χ1n) is 9.53. The van der Waals surface area contributed by atoms with Crippen molar-refractivity contribution in [1.82, 2.24) is 20.8 Å². The van der Waals surface area contributed by atoms with E-state index in [0.29, 0.717) is 31.2 Å². The number of hydrogen-bond acceptors (Lipinski definition) is 7. The van der Waals surface area contributed by atoms with Gasteiger partial charge in [-0.15, -0.1) is 11.3 Å². The van der Waals surface area contributed by atoms with Gasteiger partial charge in [0, 0.05) is 43.8 Å². The molecule has 0 radical (unpaired) electrons. The summed E-state index contributed by atoms with van der Waals surface area (Å²) in [5.74, 6) is 0.458. The second-order valence-corrected chi connectivity index (χ2v) is 7.59. The molecule has 2 heterocycles. The number of ether oxygens (including phenoxy) is 1. The minimum atomic E-state index is -0.283. The molecule has 1 amide bonds. The van der Waals surface area contributed by atoms with Crippen LogP contribution in [0.25, 0.3) is 21.8 Å². The van der Waals surface area contributed by atoms with Crippen molar-refractivity contribution in [1.29, 1.82) is 0 Å². The highest BCUT2D eigenvalue weighted by Gasteiger charge is 2.21. The van der Waals surface area contributed by atoms with Gasteiger partial charge >= 0.3 is 0 Å². The van der Waals surface area contributed by atoms with Crippen molar-refractivity contribution < 1.29 is 18.4 Å². The van der Waals surface area contributed by atoms with Gasteiger partial charge in [0.2, 0.25) is 5.91 Å². The number of rotatable bonds is 8. The Morgan fingerprint density at radius 2 is 2.03 bits per heavy atom. The number of amides is 1. The minimum Gasteiger partial charge on any atom is -0.383 e. The molecule has 3 aromatic rings. The summed E-state index contributed by atoms with van der Waals surface area (Å²) < 4.78 is 23.7. The summed E-state index contributed by atoms with van der Waals surface area (Å²) in [5, 5.41) is 12.8. The van der Waals surface area contributed by atoms with Crippen molar-refractivity contribution in [2.24, 2.45) is 0 Å². The number of benzene rings is 1. The van der Waals surface area contributed by atoms with E-state index in [0.717, 1.165) is 16.1 Å². The van der Waals surface area contributed by atoms with Crippen LogP contribution < -0.4 is 10.6 Å². The summed E-state index contributed by atoms with van der Waals surface area (Å²) in [4.78, 5) is 14.5. The summed E-state index contributed by atoms with van der Waals surface area (Å²) in [6, 6.07) is 6.47. The van der Waals surface area contributed by atoms with Crippen molar-refractivity contribution >= 4 is 17.2 Å². The van der Waals surface area contributed by atoms with Gasteiger partial charge in [-0.1, -0.05) is 5.16 Å². The fourth-order valence-corrected chi connectivity index (χ4v) is 3.30. The van der Waals surface area contributed by atoms with Crippen LogP contribution in [0.2, 0.25) is 0 Å². The van der Waals surface area contributed by atoms with Crippen LogP contribution in [0.15, 0.2) is 40.4 Å². The SMILES string of the molecule is CC(=O)NC(C)C.COCCNCc1onc(-c2ccc(F)cc2)c1-c1nccs1. The number of hydrogen-bond donors (Lipinski definition) is 2. The maximum atomic E-state index is 13.1. The average molecular weight is 435 g/mol. The van der Waals surface area contributed by atoms with Gasteiger partial charge in [0.1, 0.15) is 16.5 Å². The molecule has 30 heavy (non-hydrogen) atoms. The van der Waals surface area contributed by atoms with E-state index >= 15 is 0 Å². The van der Waals surface area contributed by atoms with Crippen molar-refractivity contribution in [3.8, 4) is 21.8 Å². The molecule has 162 valence electrons. The summed E-state index contributed by atoms with van der Waals surface area (Å²) in [6.07, 6.45) is 1.74. The van der Waals surface area contributed by atoms with E-state index in [1.807, 2.05) is 19.2 Å². The lowest BCUT2D eigenvalue weighted by molar-refractivity contribution is -0.119. The molecule has 2 N–H and O–H groups in total. The molecule has 0 atom stereocenters. The van der Waals surface area contributed by atoms with E-state index in [9.17, 15) is 9.18 Å². The predicted molar refractivity (Wildman–Crippen MR) is 116 cm³/mol. The number of nitrogens with one attached hydrogen (secondary N) is 2. The molecule has 9 heteroatoms. The molecule has 0 fully saturated rings. The van der Waals surface area contributed by atoms with Crippen molar-refractivity contribution in [2.45, 2.75) is 33.4 Å². The van der Waals surface area contributed by atoms with Crippen LogP contribution in [0.1, 0.15) is 26.5 Å². The number of halogens is 1. The van der Waals surface area contributed by atoms with Crippen molar-refractivity contribution in [3.63, 3.8) is 0 Å². The third kappa shape index (κ3) is 7.33. The minimum absolute atomic E-state index is 0.0370. The lowest BCUT2D eigenvalue weighted by Crippen LogP contribution is -2.27. The second kappa shape index (κ2) is 12.2. The van der Waals surface area contributed by atoms with Gasteiger partial charge in [-0.25, -0.2) is 9.37 Å². The van der Waals surface area contributed by atoms with E-state index in [2.05, 4.69) is 20.8 Å². The third-order valence-corrected chi connectivity index (χ3v) is 4.58. The molecule has 7 nitrogen and oxygen atoms in total. The van der Waals surface area contributed by atoms with Gasteiger partial charge in [0.25, 0.3) is 0 Å². The number of carbonyl (C=O) groups is 1. The fourth-order valence-electron chi connectivity index (χ4n) is 2.60. The maximum Gasteiger partial charge on any atom is 0.217 e. The first kappa shape index (κ1) is 23.7. The summed E-state index contributed by atoms with van der Waals surface area (Å²) in [5.41, 5.74) is 2.31. The van der Waals surface area contributed by atoms with E-state index < -0.39 is 0 Å². The van der Waals surface area contributed by atoms with Crippen molar-refractivity contribution in [3.05, 3.63) is 47.4 Å². The second-order valence-electron chi connectivity index (χ2n) is 6.70. The summed E-state index contributed by atoms with van der Waals surface area (Å²) in [7, 11) is 1.66. The molecule has 0 saturated carbocycles. The Labute approximate surface area is 179 Å². The molecular weight excluding hydrogens is 407 g/mol. The third-order valence-electron chi connectivity index (χ3n) is 3.79. The van der Waals surface area contributed by atoms with E-state index in [1.54, 1.807) is 25.4 Å². The largest absolute Gasteiger partial charge is 0.383 e. The highest BCUT2D eigenvalue weighted by molar-refractivity contribution is 7.13. The normalized spacial score (nSPS) is 10.6. The van der Waals surface area contributed by atoms with Gasteiger partial charge < -0.3 is 19.9 Å². The number of thiazole rings is 1. The van der Waals surface area contributed by atoms with Gasteiger partial charge in [-0.2, -0.15) is 0 Å². The topological polar surface area (TPSA) is 89.3 Å². The Bertz CT molecular complexity index is 896. The molecule has 0 aliphatic heterocycles. The van der Waals surface area contributed by atoms with Crippen molar-refractivity contribution in [2.75, 3.05) is 20.3 Å². The Kier molecular flexibility index (Phi) is 9.59. The molecule has 0 aliphatic carbocycles. The Balaban J connectivity index is 0.000000396. The number of aromatic nitrogens is 2. The highest BCUT2D eigenvalue weighted by Crippen LogP contribution is 2.35. The van der Waals surface area contributed by atoms with Crippen LogP contribution in [-0.2, 0) is 16.1 Å². The van der Waals surface area contributed by atoms with E-state index in [-0.39, 0.29) is 17.8 Å². The van der Waals surface area contributed by atoms with Crippen LogP contribution in [0, 0.1) is 5.82 Å². The predicted octanol–water partition coefficient (Wildman–Crippen LogP) is 3.87. The van der Waals surface area contributed by atoms with Gasteiger partial charge in [0.15, 0.2) is 5.76 Å². The lowest BCUT2D eigenvalue weighted by atomic mass is 10.1. The summed E-state index contributed by atoms with van der Waals surface area (Å²) in [6.45, 7) is 7.22. The van der Waals surface area contributed by atoms with Crippen LogP contribution in [0.4, 0.5) is 4.39 Å². The first-order valence-corrected chi connectivity index (χ1v) is 10.4.